The molecule has 9 heteroatoms. The van der Waals surface area contributed by atoms with Gasteiger partial charge < -0.3 is 0 Å². The van der Waals surface area contributed by atoms with Gasteiger partial charge in [-0.15, -0.1) is 0 Å². The van der Waals surface area contributed by atoms with Gasteiger partial charge in [-0.2, -0.15) is 5.01 Å². The van der Waals surface area contributed by atoms with Crippen LogP contribution in [0.15, 0.2) is 48.5 Å². The summed E-state index contributed by atoms with van der Waals surface area (Å²) in [6.07, 6.45) is 0.822. The van der Waals surface area contributed by atoms with Crippen molar-refractivity contribution in [2.75, 3.05) is 0 Å². The van der Waals surface area contributed by atoms with Crippen molar-refractivity contribution in [3.63, 3.8) is 0 Å². The molecule has 2 saturated carbocycles. The highest BCUT2D eigenvalue weighted by Crippen LogP contribution is 2.60. The van der Waals surface area contributed by atoms with Gasteiger partial charge in [0.1, 0.15) is 0 Å². The third kappa shape index (κ3) is 3.44. The lowest BCUT2D eigenvalue weighted by Gasteiger charge is -2.31. The topological polar surface area (TPSA) is 57.7 Å². The average Bonchev–Trinajstić information content (AvgIpc) is 3.39. The molecule has 2 bridgehead atoms. The lowest BCUT2D eigenvalue weighted by atomic mass is 9.81. The second kappa shape index (κ2) is 8.42. The predicted octanol–water partition coefficient (Wildman–Crippen LogP) is 5.33. The second-order valence-corrected chi connectivity index (χ2v) is 11.4. The van der Waals surface area contributed by atoms with E-state index in [1.807, 2.05) is 0 Å². The SMILES string of the molecule is O=C(c1ccc(Cl)cc1)N(Cc1ccccc1Cl)N1C(=O)[C@@H]2[C@H]3C[C@@H]([C@H](Br)[C@@H]3Br)[C@@H]2C1=O. The van der Waals surface area contributed by atoms with Crippen LogP contribution < -0.4 is 0 Å². The van der Waals surface area contributed by atoms with Crippen molar-refractivity contribution in [2.45, 2.75) is 22.6 Å². The van der Waals surface area contributed by atoms with E-state index in [1.54, 1.807) is 48.5 Å². The van der Waals surface area contributed by atoms with Crippen molar-refractivity contribution in [1.29, 1.82) is 0 Å². The Bertz CT molecular complexity index is 1080. The van der Waals surface area contributed by atoms with E-state index in [9.17, 15) is 14.4 Å². The molecule has 166 valence electrons. The molecule has 0 aromatic heterocycles. The monoisotopic (exact) mass is 598 g/mol. The number of benzene rings is 2. The lowest BCUT2D eigenvalue weighted by molar-refractivity contribution is -0.156. The van der Waals surface area contributed by atoms with E-state index in [0.717, 1.165) is 11.4 Å². The van der Waals surface area contributed by atoms with Crippen LogP contribution in [0.1, 0.15) is 22.3 Å². The number of carbonyl (C=O) groups is 3. The van der Waals surface area contributed by atoms with E-state index in [2.05, 4.69) is 31.9 Å². The zero-order valence-corrected chi connectivity index (χ0v) is 21.3. The Hall–Kier alpha value is -1.41. The molecule has 0 radical (unpaired) electrons. The van der Waals surface area contributed by atoms with Gasteiger partial charge in [-0.05, 0) is 54.2 Å². The van der Waals surface area contributed by atoms with Gasteiger partial charge in [0.05, 0.1) is 18.4 Å². The van der Waals surface area contributed by atoms with Crippen LogP contribution in [0.25, 0.3) is 0 Å². The number of amides is 3. The van der Waals surface area contributed by atoms with Crippen LogP contribution in [0.5, 0.6) is 0 Å². The maximum Gasteiger partial charge on any atom is 0.273 e. The van der Waals surface area contributed by atoms with Crippen molar-refractivity contribution >= 4 is 72.8 Å². The van der Waals surface area contributed by atoms with Gasteiger partial charge in [-0.25, -0.2) is 5.01 Å². The summed E-state index contributed by atoms with van der Waals surface area (Å²) < 4.78 is 0. The molecule has 1 saturated heterocycles. The fourth-order valence-electron chi connectivity index (χ4n) is 5.33. The van der Waals surface area contributed by atoms with Gasteiger partial charge in [-0.3, -0.25) is 14.4 Å². The van der Waals surface area contributed by atoms with Crippen molar-refractivity contribution in [3.05, 3.63) is 69.7 Å². The highest BCUT2D eigenvalue weighted by Gasteiger charge is 2.67. The summed E-state index contributed by atoms with van der Waals surface area (Å²) in [4.78, 5) is 40.9. The molecule has 2 aromatic carbocycles. The standard InChI is InChI=1S/C23H18Br2Cl2N2O3/c24-19-14-9-15(20(19)25)18-17(14)22(31)29(23(18)32)28(10-12-3-1-2-4-16(12)27)21(30)11-5-7-13(26)8-6-11/h1-8,14-15,17-20H,9-10H2/t14-,15-,17-,18+,19-,20+/m1/s1. The Morgan fingerprint density at radius 3 is 2.06 bits per heavy atom. The largest absolute Gasteiger partial charge is 0.273 e. The van der Waals surface area contributed by atoms with Crippen LogP contribution in [0.4, 0.5) is 0 Å². The molecule has 6 atom stereocenters. The number of hydrogen-bond donors (Lipinski definition) is 0. The van der Waals surface area contributed by atoms with Gasteiger partial charge >= 0.3 is 0 Å². The first kappa shape index (κ1) is 22.4. The number of rotatable bonds is 4. The summed E-state index contributed by atoms with van der Waals surface area (Å²) in [7, 11) is 0. The van der Waals surface area contributed by atoms with Crippen LogP contribution in [-0.2, 0) is 16.1 Å². The molecule has 2 aliphatic carbocycles. The van der Waals surface area contributed by atoms with Crippen LogP contribution >= 0.6 is 55.1 Å². The number of fused-ring (bicyclic) bond motifs is 5. The first-order chi connectivity index (χ1) is 15.3. The molecule has 3 aliphatic rings. The molecule has 0 unspecified atom stereocenters. The normalized spacial score (nSPS) is 30.7. The van der Waals surface area contributed by atoms with Gasteiger partial charge in [0.25, 0.3) is 17.7 Å². The second-order valence-electron chi connectivity index (χ2n) is 8.45. The van der Waals surface area contributed by atoms with Gasteiger partial charge in [0.2, 0.25) is 0 Å². The van der Waals surface area contributed by atoms with Crippen LogP contribution in [-0.4, -0.2) is 37.4 Å². The molecule has 3 fully saturated rings. The summed E-state index contributed by atoms with van der Waals surface area (Å²) in [5, 5.41) is 3.26. The molecular weight excluding hydrogens is 583 g/mol. The Labute approximate surface area is 212 Å². The van der Waals surface area contributed by atoms with E-state index in [1.165, 1.54) is 5.01 Å². The number of carbonyl (C=O) groups excluding carboxylic acids is 3. The van der Waals surface area contributed by atoms with Crippen molar-refractivity contribution in [2.24, 2.45) is 23.7 Å². The molecular formula is C23H18Br2Cl2N2O3. The van der Waals surface area contributed by atoms with Gasteiger partial charge in [0.15, 0.2) is 0 Å². The molecule has 0 N–H and O–H groups in total. The molecule has 32 heavy (non-hydrogen) atoms. The third-order valence-electron chi connectivity index (χ3n) is 6.81. The zero-order valence-electron chi connectivity index (χ0n) is 16.6. The van der Waals surface area contributed by atoms with Crippen molar-refractivity contribution in [1.82, 2.24) is 10.0 Å². The zero-order chi connectivity index (χ0) is 22.7. The maximum absolute atomic E-state index is 13.6. The number of alkyl halides is 2. The minimum Gasteiger partial charge on any atom is -0.272 e. The van der Waals surface area contributed by atoms with E-state index in [0.29, 0.717) is 21.2 Å². The number of hydrazine groups is 1. The number of hydrogen-bond acceptors (Lipinski definition) is 3. The van der Waals surface area contributed by atoms with Gasteiger partial charge in [-0.1, -0.05) is 73.3 Å². The summed E-state index contributed by atoms with van der Waals surface area (Å²) >= 11 is 19.7. The summed E-state index contributed by atoms with van der Waals surface area (Å²) in [6, 6.07) is 13.5. The molecule has 3 amide bonds. The lowest BCUT2D eigenvalue weighted by Crippen LogP contribution is -2.50. The highest BCUT2D eigenvalue weighted by molar-refractivity contribution is 9.12. The van der Waals surface area contributed by atoms with Crippen molar-refractivity contribution in [3.8, 4) is 0 Å². The molecule has 5 nitrogen and oxygen atoms in total. The summed E-state index contributed by atoms with van der Waals surface area (Å²) in [5.74, 6) is -1.81. The number of nitrogens with zero attached hydrogens (tertiary/aromatic N) is 2. The smallest absolute Gasteiger partial charge is 0.272 e. The van der Waals surface area contributed by atoms with Gasteiger partial charge in [0, 0.05) is 25.3 Å². The van der Waals surface area contributed by atoms with Crippen LogP contribution in [0.3, 0.4) is 0 Å². The first-order valence-corrected chi connectivity index (χ1v) is 12.8. The minimum atomic E-state index is -0.457. The van der Waals surface area contributed by atoms with E-state index in [4.69, 9.17) is 23.2 Å². The highest BCUT2D eigenvalue weighted by atomic mass is 79.9. The fourth-order valence-corrected chi connectivity index (χ4v) is 7.53. The molecule has 1 aliphatic heterocycles. The summed E-state index contributed by atoms with van der Waals surface area (Å²) in [5.41, 5.74) is 0.979. The third-order valence-corrected chi connectivity index (χ3v) is 10.6. The first-order valence-electron chi connectivity index (χ1n) is 10.3. The summed E-state index contributed by atoms with van der Waals surface area (Å²) in [6.45, 7) is 0.00285. The fraction of sp³-hybridized carbons (Fsp3) is 0.348. The Balaban J connectivity index is 1.54. The Morgan fingerprint density at radius 1 is 0.938 bits per heavy atom. The minimum absolute atomic E-state index is 0.00285. The Kier molecular flexibility index (Phi) is 5.89. The Morgan fingerprint density at radius 2 is 1.50 bits per heavy atom. The molecule has 5 rings (SSSR count). The average molecular weight is 601 g/mol. The van der Waals surface area contributed by atoms with E-state index >= 15 is 0 Å². The predicted molar refractivity (Wildman–Crippen MR) is 129 cm³/mol. The van der Waals surface area contributed by atoms with Crippen LogP contribution in [0.2, 0.25) is 10.0 Å². The number of halogens is 4. The van der Waals surface area contributed by atoms with Crippen LogP contribution in [0, 0.1) is 23.7 Å². The molecule has 0 spiro atoms. The number of imide groups is 1. The maximum atomic E-state index is 13.6. The molecule has 2 aromatic rings. The van der Waals surface area contributed by atoms with Crippen molar-refractivity contribution < 1.29 is 14.4 Å². The van der Waals surface area contributed by atoms with E-state index < -0.39 is 17.7 Å². The molecule has 1 heterocycles. The quantitative estimate of drug-likeness (QED) is 0.352. The van der Waals surface area contributed by atoms with E-state index in [-0.39, 0.29) is 39.8 Å².